The second kappa shape index (κ2) is 12.8. The van der Waals surface area contributed by atoms with E-state index < -0.39 is 7.82 Å². The van der Waals surface area contributed by atoms with Crippen molar-refractivity contribution in [2.45, 2.75) is 39.7 Å². The van der Waals surface area contributed by atoms with Crippen LogP contribution in [0, 0.1) is 12.7 Å². The summed E-state index contributed by atoms with van der Waals surface area (Å²) in [4.78, 5) is 36.5. The number of phosphoric ester groups is 1. The molecule has 0 bridgehead atoms. The van der Waals surface area contributed by atoms with Crippen molar-refractivity contribution in [2.24, 2.45) is 0 Å². The molecule has 11 heteroatoms. The monoisotopic (exact) mass is 494 g/mol. The quantitative estimate of drug-likeness (QED) is 0.304. The van der Waals surface area contributed by atoms with Gasteiger partial charge in [-0.25, -0.2) is 13.9 Å². The van der Waals surface area contributed by atoms with Crippen molar-refractivity contribution in [2.75, 3.05) is 0 Å². The topological polar surface area (TPSA) is 102 Å². The van der Waals surface area contributed by atoms with Crippen LogP contribution in [-0.4, -0.2) is 19.3 Å². The van der Waals surface area contributed by atoms with Gasteiger partial charge in [-0.3, -0.25) is 19.1 Å². The molecule has 0 atom stereocenters. The van der Waals surface area contributed by atoms with Crippen LogP contribution in [0.15, 0.2) is 53.3 Å². The summed E-state index contributed by atoms with van der Waals surface area (Å²) in [5.41, 5.74) is 1.82. The average Bonchev–Trinajstić information content (AvgIpc) is 2.66. The molecule has 1 aromatic heterocycles. The van der Waals surface area contributed by atoms with Gasteiger partial charge in [-0.1, -0.05) is 38.1 Å². The third-order valence-corrected chi connectivity index (χ3v) is 5.26. The van der Waals surface area contributed by atoms with Gasteiger partial charge in [0.25, 0.3) is 5.56 Å². The Balaban J connectivity index is 0. The van der Waals surface area contributed by atoms with Crippen molar-refractivity contribution < 1.29 is 85.2 Å². The van der Waals surface area contributed by atoms with E-state index in [0.29, 0.717) is 23.2 Å². The van der Waals surface area contributed by atoms with Gasteiger partial charge >= 0.3 is 66.9 Å². The fourth-order valence-electron chi connectivity index (χ4n) is 3.55. The summed E-state index contributed by atoms with van der Waals surface area (Å²) in [5, 5.41) is 0. The Kier molecular flexibility index (Phi) is 11.7. The molecule has 0 aliphatic carbocycles. The minimum absolute atomic E-state index is 0. The van der Waals surface area contributed by atoms with Crippen LogP contribution in [0.2, 0.25) is 0 Å². The molecule has 2 aromatic carbocycles. The molecule has 0 radical (unpaired) electrons. The Morgan fingerprint density at radius 3 is 2.42 bits per heavy atom. The summed E-state index contributed by atoms with van der Waals surface area (Å²) < 4.78 is 31.3. The maximum Gasteiger partial charge on any atom is 1.00 e. The largest absolute Gasteiger partial charge is 1.00 e. The normalized spacial score (nSPS) is 11.0. The number of hydrogen-bond donors (Lipinski definition) is 2. The molecule has 1 heterocycles. The van der Waals surface area contributed by atoms with E-state index >= 15 is 0 Å². The summed E-state index contributed by atoms with van der Waals surface area (Å²) in [7, 11) is -4.82. The molecule has 0 saturated carbocycles. The molecule has 0 fully saturated rings. The number of aryl methyl sites for hydroxylation is 2. The molecule has 3 aromatic rings. The molecule has 0 aliphatic heterocycles. The van der Waals surface area contributed by atoms with Crippen molar-refractivity contribution in [1.82, 2.24) is 9.55 Å². The predicted molar refractivity (Wildman–Crippen MR) is 118 cm³/mol. The molecule has 2 N–H and O–H groups in total. The summed E-state index contributed by atoms with van der Waals surface area (Å²) in [6.45, 7) is 5.72. The SMILES string of the molecule is Cc1nc(-c2ccccc2OP(=O)(O)O)n(CCc2cccc(F)c2)c(=O)c1C(C)C.[H-].[H-].[Na+].[Na+]. The van der Waals surface area contributed by atoms with Crippen LogP contribution >= 0.6 is 7.82 Å². The van der Waals surface area contributed by atoms with Crippen LogP contribution in [0.3, 0.4) is 0 Å². The van der Waals surface area contributed by atoms with Crippen molar-refractivity contribution in [3.05, 3.63) is 81.5 Å². The Morgan fingerprint density at radius 2 is 1.82 bits per heavy atom. The fourth-order valence-corrected chi connectivity index (χ4v) is 3.96. The van der Waals surface area contributed by atoms with Gasteiger partial charge in [0.1, 0.15) is 17.4 Å². The first-order chi connectivity index (χ1) is 14.6. The number of rotatable bonds is 7. The number of halogens is 1. The zero-order valence-electron chi connectivity index (χ0n) is 21.4. The van der Waals surface area contributed by atoms with Crippen LogP contribution in [0.4, 0.5) is 4.39 Å². The van der Waals surface area contributed by atoms with Crippen LogP contribution in [0.5, 0.6) is 5.75 Å². The van der Waals surface area contributed by atoms with Gasteiger partial charge in [0.15, 0.2) is 0 Å². The molecule has 0 spiro atoms. The number of phosphoric acid groups is 1. The summed E-state index contributed by atoms with van der Waals surface area (Å²) in [6.07, 6.45) is 0.370. The molecule has 0 saturated heterocycles. The van der Waals surface area contributed by atoms with E-state index in [-0.39, 0.29) is 103 Å². The van der Waals surface area contributed by atoms with Crippen LogP contribution in [0.25, 0.3) is 11.4 Å². The Hall–Kier alpha value is -0.800. The van der Waals surface area contributed by atoms with E-state index in [1.165, 1.54) is 22.8 Å². The maximum atomic E-state index is 13.6. The molecular formula is C22H26FN2Na2O5P. The molecule has 0 amide bonds. The van der Waals surface area contributed by atoms with Crippen LogP contribution in [0.1, 0.15) is 39.4 Å². The zero-order valence-corrected chi connectivity index (χ0v) is 24.3. The van der Waals surface area contributed by atoms with Gasteiger partial charge in [0.2, 0.25) is 0 Å². The van der Waals surface area contributed by atoms with E-state index in [4.69, 9.17) is 4.52 Å². The zero-order chi connectivity index (χ0) is 22.8. The molecule has 0 unspecified atom stereocenters. The van der Waals surface area contributed by atoms with Crippen molar-refractivity contribution in [1.29, 1.82) is 0 Å². The second-order valence-corrected chi connectivity index (χ2v) is 8.67. The number of aromatic nitrogens is 2. The second-order valence-electron chi connectivity index (χ2n) is 7.50. The molecule has 168 valence electrons. The first-order valence-corrected chi connectivity index (χ1v) is 11.3. The van der Waals surface area contributed by atoms with Crippen LogP contribution < -0.4 is 69.2 Å². The third kappa shape index (κ3) is 7.85. The first-order valence-electron chi connectivity index (χ1n) is 9.77. The van der Waals surface area contributed by atoms with Crippen LogP contribution in [-0.2, 0) is 17.5 Å². The average molecular weight is 494 g/mol. The first kappa shape index (κ1) is 30.2. The van der Waals surface area contributed by atoms with Gasteiger partial charge in [-0.2, -0.15) is 0 Å². The number of nitrogens with zero attached hydrogens (tertiary/aromatic N) is 2. The van der Waals surface area contributed by atoms with E-state index in [0.717, 1.165) is 0 Å². The van der Waals surface area contributed by atoms with Crippen molar-refractivity contribution >= 4 is 7.82 Å². The van der Waals surface area contributed by atoms with E-state index in [1.54, 1.807) is 37.3 Å². The number of benzene rings is 2. The molecule has 7 nitrogen and oxygen atoms in total. The molecular weight excluding hydrogens is 468 g/mol. The van der Waals surface area contributed by atoms with Gasteiger partial charge in [-0.05, 0) is 49.1 Å². The Morgan fingerprint density at radius 1 is 1.15 bits per heavy atom. The molecule has 33 heavy (non-hydrogen) atoms. The van der Waals surface area contributed by atoms with Gasteiger partial charge in [0, 0.05) is 17.8 Å². The van der Waals surface area contributed by atoms with Gasteiger partial charge in [-0.15, -0.1) is 0 Å². The third-order valence-electron chi connectivity index (χ3n) is 4.83. The smallest absolute Gasteiger partial charge is 1.00 e. The molecule has 0 aliphatic rings. The number of para-hydroxylation sites is 1. The summed E-state index contributed by atoms with van der Waals surface area (Å²) in [5.74, 6) is -0.294. The standard InChI is InChI=1S/C22H24FN2O5P.2Na.2H/c1-14(2)20-15(3)24-21(18-9-4-5-10-19(18)30-31(27,28)29)25(22(20)26)12-11-16-7-6-8-17(23)13-16;;;;/h4-10,13-14H,11-12H2,1-3H3,(H2,27,28,29);;;;/q;2*+1;2*-1. The minimum Gasteiger partial charge on any atom is -1.00 e. The Labute approximate surface area is 239 Å². The van der Waals surface area contributed by atoms with Crippen molar-refractivity contribution in [3.8, 4) is 17.1 Å². The van der Waals surface area contributed by atoms with Gasteiger partial charge < -0.3 is 7.38 Å². The van der Waals surface area contributed by atoms with E-state index in [2.05, 4.69) is 4.98 Å². The maximum absolute atomic E-state index is 13.6. The van der Waals surface area contributed by atoms with Gasteiger partial charge in [0.05, 0.1) is 5.56 Å². The fraction of sp³-hybridized carbons (Fsp3) is 0.273. The summed E-state index contributed by atoms with van der Waals surface area (Å²) in [6, 6.07) is 12.3. The summed E-state index contributed by atoms with van der Waals surface area (Å²) >= 11 is 0. The predicted octanol–water partition coefficient (Wildman–Crippen LogP) is -1.57. The molecule has 3 rings (SSSR count). The van der Waals surface area contributed by atoms with E-state index in [1.807, 2.05) is 13.8 Å². The Bertz CT molecular complexity index is 1220. The minimum atomic E-state index is -4.82. The van der Waals surface area contributed by atoms with Crippen molar-refractivity contribution in [3.63, 3.8) is 0 Å². The van der Waals surface area contributed by atoms with E-state index in [9.17, 15) is 23.5 Å². The number of hydrogen-bond acceptors (Lipinski definition) is 4.